The Morgan fingerprint density at radius 1 is 1.36 bits per heavy atom. The summed E-state index contributed by atoms with van der Waals surface area (Å²) in [7, 11) is 1.59. The zero-order valence-electron chi connectivity index (χ0n) is 7.42. The first-order valence-electron chi connectivity index (χ1n) is 3.99. The summed E-state index contributed by atoms with van der Waals surface area (Å²) in [6.07, 6.45) is 1.75. The van der Waals surface area contributed by atoms with Crippen LogP contribution in [-0.4, -0.2) is 12.1 Å². The van der Waals surface area contributed by atoms with E-state index < -0.39 is 0 Å². The van der Waals surface area contributed by atoms with Crippen LogP contribution in [0.3, 0.4) is 0 Å². The zero-order chi connectivity index (χ0) is 10.1. The molecule has 2 aromatic rings. The van der Waals surface area contributed by atoms with E-state index in [0.29, 0.717) is 10.8 Å². The Balaban J connectivity index is 2.73. The first-order valence-corrected chi connectivity index (χ1v) is 5.16. The molecule has 0 aliphatic rings. The molecule has 0 saturated heterocycles. The van der Waals surface area contributed by atoms with Gasteiger partial charge in [-0.3, -0.25) is 4.98 Å². The van der Waals surface area contributed by atoms with Gasteiger partial charge in [0.15, 0.2) is 0 Å². The molecule has 0 aliphatic heterocycles. The van der Waals surface area contributed by atoms with Gasteiger partial charge in [-0.1, -0.05) is 11.6 Å². The molecule has 1 heterocycles. The molecule has 1 aromatic carbocycles. The topological polar surface area (TPSA) is 22.1 Å². The smallest absolute Gasteiger partial charge is 0.139 e. The molecule has 0 bridgehead atoms. The van der Waals surface area contributed by atoms with Crippen LogP contribution in [0, 0.1) is 0 Å². The molecular formula is C10H7BrClNO. The molecule has 0 atom stereocenters. The number of nitrogens with zero attached hydrogens (tertiary/aromatic N) is 1. The minimum atomic E-state index is 0.597. The van der Waals surface area contributed by atoms with Gasteiger partial charge in [-0.25, -0.2) is 0 Å². The Morgan fingerprint density at radius 2 is 2.14 bits per heavy atom. The minimum absolute atomic E-state index is 0.597. The van der Waals surface area contributed by atoms with Crippen molar-refractivity contribution in [2.45, 2.75) is 0 Å². The second-order valence-electron chi connectivity index (χ2n) is 2.83. The van der Waals surface area contributed by atoms with Gasteiger partial charge in [0.25, 0.3) is 0 Å². The quantitative estimate of drug-likeness (QED) is 0.790. The summed E-state index contributed by atoms with van der Waals surface area (Å²) in [5, 5.41) is 1.59. The number of hydrogen-bond donors (Lipinski definition) is 0. The lowest BCUT2D eigenvalue weighted by molar-refractivity contribution is 0.415. The van der Waals surface area contributed by atoms with Crippen LogP contribution >= 0.6 is 27.5 Å². The lowest BCUT2D eigenvalue weighted by Gasteiger charge is -2.04. The van der Waals surface area contributed by atoms with E-state index in [4.69, 9.17) is 16.3 Å². The summed E-state index contributed by atoms with van der Waals surface area (Å²) in [5.41, 5.74) is 0.870. The van der Waals surface area contributed by atoms with Gasteiger partial charge in [-0.15, -0.1) is 0 Å². The minimum Gasteiger partial charge on any atom is -0.495 e. The van der Waals surface area contributed by atoms with Gasteiger partial charge in [0.05, 0.1) is 17.6 Å². The normalized spacial score (nSPS) is 10.5. The molecule has 1 aromatic heterocycles. The summed E-state index contributed by atoms with van der Waals surface area (Å²) >= 11 is 9.34. The van der Waals surface area contributed by atoms with Crippen LogP contribution in [0.25, 0.3) is 10.9 Å². The summed E-state index contributed by atoms with van der Waals surface area (Å²) in [4.78, 5) is 4.24. The van der Waals surface area contributed by atoms with Crippen molar-refractivity contribution >= 4 is 38.4 Å². The molecular weight excluding hydrogens is 265 g/mol. The Bertz CT molecular complexity index is 487. The van der Waals surface area contributed by atoms with Crippen molar-refractivity contribution in [2.24, 2.45) is 0 Å². The summed E-state index contributed by atoms with van der Waals surface area (Å²) < 4.78 is 6.04. The molecule has 0 aliphatic carbocycles. The molecule has 4 heteroatoms. The van der Waals surface area contributed by atoms with E-state index >= 15 is 0 Å². The molecule has 2 rings (SSSR count). The van der Waals surface area contributed by atoms with Crippen LogP contribution in [0.15, 0.2) is 28.9 Å². The lowest BCUT2D eigenvalue weighted by Crippen LogP contribution is -1.86. The molecule has 0 spiro atoms. The number of fused-ring (bicyclic) bond motifs is 1. The number of hydrogen-bond acceptors (Lipinski definition) is 2. The maximum absolute atomic E-state index is 5.99. The number of rotatable bonds is 1. The molecule has 0 unspecified atom stereocenters. The highest BCUT2D eigenvalue weighted by Crippen LogP contribution is 2.29. The Kier molecular flexibility index (Phi) is 2.61. The van der Waals surface area contributed by atoms with Gasteiger partial charge in [0.2, 0.25) is 0 Å². The van der Waals surface area contributed by atoms with Gasteiger partial charge < -0.3 is 4.74 Å². The predicted octanol–water partition coefficient (Wildman–Crippen LogP) is 3.66. The molecule has 0 radical (unpaired) electrons. The largest absolute Gasteiger partial charge is 0.495 e. The van der Waals surface area contributed by atoms with Crippen molar-refractivity contribution in [3.05, 3.63) is 33.9 Å². The molecule has 0 amide bonds. The number of ether oxygens (including phenoxy) is 1. The fourth-order valence-electron chi connectivity index (χ4n) is 1.26. The molecule has 0 saturated carbocycles. The van der Waals surface area contributed by atoms with Crippen molar-refractivity contribution in [3.8, 4) is 5.75 Å². The number of methoxy groups -OCH3 is 1. The van der Waals surface area contributed by atoms with Crippen LogP contribution < -0.4 is 4.74 Å². The SMILES string of the molecule is COc1cc2ncc(Br)cc2cc1Cl. The van der Waals surface area contributed by atoms with Gasteiger partial charge in [0, 0.05) is 22.1 Å². The first-order chi connectivity index (χ1) is 6.70. The highest BCUT2D eigenvalue weighted by Gasteiger charge is 2.04. The number of aromatic nitrogens is 1. The van der Waals surface area contributed by atoms with Crippen molar-refractivity contribution in [3.63, 3.8) is 0 Å². The summed E-state index contributed by atoms with van der Waals surface area (Å²) in [6.45, 7) is 0. The monoisotopic (exact) mass is 271 g/mol. The van der Waals surface area contributed by atoms with Crippen LogP contribution in [-0.2, 0) is 0 Å². The highest BCUT2D eigenvalue weighted by molar-refractivity contribution is 9.10. The van der Waals surface area contributed by atoms with Gasteiger partial charge >= 0.3 is 0 Å². The van der Waals surface area contributed by atoms with Crippen molar-refractivity contribution in [1.29, 1.82) is 0 Å². The zero-order valence-corrected chi connectivity index (χ0v) is 9.76. The first kappa shape index (κ1) is 9.74. The summed E-state index contributed by atoms with van der Waals surface area (Å²) in [5.74, 6) is 0.647. The number of halogens is 2. The van der Waals surface area contributed by atoms with Crippen molar-refractivity contribution in [1.82, 2.24) is 4.98 Å². The van der Waals surface area contributed by atoms with Gasteiger partial charge in [0.1, 0.15) is 5.75 Å². The van der Waals surface area contributed by atoms with Crippen molar-refractivity contribution < 1.29 is 4.74 Å². The van der Waals surface area contributed by atoms with Crippen molar-refractivity contribution in [2.75, 3.05) is 7.11 Å². The second kappa shape index (κ2) is 3.75. The Hall–Kier alpha value is -0.800. The predicted molar refractivity (Wildman–Crippen MR) is 61.0 cm³/mol. The van der Waals surface area contributed by atoms with Gasteiger partial charge in [-0.2, -0.15) is 0 Å². The lowest BCUT2D eigenvalue weighted by atomic mass is 10.2. The van der Waals surface area contributed by atoms with Gasteiger partial charge in [-0.05, 0) is 28.1 Å². The van der Waals surface area contributed by atoms with E-state index in [0.717, 1.165) is 15.4 Å². The second-order valence-corrected chi connectivity index (χ2v) is 4.16. The van der Waals surface area contributed by atoms with Crippen LogP contribution in [0.5, 0.6) is 5.75 Å². The fraction of sp³-hybridized carbons (Fsp3) is 0.100. The van der Waals surface area contributed by atoms with E-state index in [2.05, 4.69) is 20.9 Å². The number of pyridine rings is 1. The Labute approximate surface area is 95.0 Å². The van der Waals surface area contributed by atoms with E-state index in [1.165, 1.54) is 0 Å². The third-order valence-electron chi connectivity index (χ3n) is 1.92. The maximum Gasteiger partial charge on any atom is 0.139 e. The molecule has 0 N–H and O–H groups in total. The highest BCUT2D eigenvalue weighted by atomic mass is 79.9. The van der Waals surface area contributed by atoms with E-state index in [-0.39, 0.29) is 0 Å². The maximum atomic E-state index is 5.99. The average Bonchev–Trinajstić information content (AvgIpc) is 2.16. The van der Waals surface area contributed by atoms with E-state index in [1.54, 1.807) is 13.3 Å². The average molecular weight is 273 g/mol. The van der Waals surface area contributed by atoms with E-state index in [9.17, 15) is 0 Å². The fourth-order valence-corrected chi connectivity index (χ4v) is 1.86. The molecule has 14 heavy (non-hydrogen) atoms. The Morgan fingerprint density at radius 3 is 2.86 bits per heavy atom. The van der Waals surface area contributed by atoms with Crippen LogP contribution in [0.1, 0.15) is 0 Å². The molecule has 2 nitrogen and oxygen atoms in total. The number of benzene rings is 1. The third kappa shape index (κ3) is 1.70. The van der Waals surface area contributed by atoms with E-state index in [1.807, 2.05) is 18.2 Å². The molecule has 72 valence electrons. The van der Waals surface area contributed by atoms with Crippen LogP contribution in [0.2, 0.25) is 5.02 Å². The standard InChI is InChI=1S/C10H7BrClNO/c1-14-10-4-9-6(3-8(10)12)2-7(11)5-13-9/h2-5H,1H3. The summed E-state index contributed by atoms with van der Waals surface area (Å²) in [6, 6.07) is 5.63. The van der Waals surface area contributed by atoms with Crippen LogP contribution in [0.4, 0.5) is 0 Å². The molecule has 0 fully saturated rings. The third-order valence-corrected chi connectivity index (χ3v) is 2.65.